The van der Waals surface area contributed by atoms with Gasteiger partial charge in [0, 0.05) is 11.8 Å². The fraction of sp³-hybridized carbons (Fsp3) is 0.0667. The van der Waals surface area contributed by atoms with Gasteiger partial charge in [-0.3, -0.25) is 4.79 Å². The molecule has 2 aromatic heterocycles. The van der Waals surface area contributed by atoms with Crippen molar-refractivity contribution in [1.29, 1.82) is 0 Å². The molecule has 1 aromatic carbocycles. The van der Waals surface area contributed by atoms with Gasteiger partial charge in [0.05, 0.1) is 16.1 Å². The lowest BCUT2D eigenvalue weighted by molar-refractivity contribution is 0.100. The van der Waals surface area contributed by atoms with E-state index in [1.165, 1.54) is 0 Å². The minimum Gasteiger partial charge on any atom is -0.455 e. The third kappa shape index (κ3) is 2.47. The van der Waals surface area contributed by atoms with Crippen LogP contribution >= 0.6 is 22.9 Å². The van der Waals surface area contributed by atoms with E-state index in [1.54, 1.807) is 18.2 Å². The van der Waals surface area contributed by atoms with Gasteiger partial charge in [-0.25, -0.2) is 4.98 Å². The van der Waals surface area contributed by atoms with Crippen molar-refractivity contribution in [3.8, 4) is 11.5 Å². The maximum Gasteiger partial charge on any atom is 0.260 e. The molecule has 0 unspecified atom stereocenters. The molecule has 3 aromatic rings. The molecule has 0 radical (unpaired) electrons. The zero-order valence-electron chi connectivity index (χ0n) is 11.6. The molecule has 0 bridgehead atoms. The number of fused-ring (bicyclic) bond motifs is 1. The van der Waals surface area contributed by atoms with Gasteiger partial charge < -0.3 is 16.2 Å². The first-order chi connectivity index (χ1) is 10.5. The number of carbonyl (C=O) groups is 1. The number of anilines is 1. The number of ether oxygens (including phenoxy) is 1. The summed E-state index contributed by atoms with van der Waals surface area (Å²) in [5, 5.41) is 1.05. The average Bonchev–Trinajstić information content (AvgIpc) is 2.78. The van der Waals surface area contributed by atoms with Crippen LogP contribution in [0, 0.1) is 6.92 Å². The molecule has 0 spiro atoms. The summed E-state index contributed by atoms with van der Waals surface area (Å²) >= 11 is 7.27. The molecular weight excluding hydrogens is 322 g/mol. The van der Waals surface area contributed by atoms with E-state index in [1.807, 2.05) is 19.1 Å². The lowest BCUT2D eigenvalue weighted by atomic mass is 10.2. The predicted molar refractivity (Wildman–Crippen MR) is 88.8 cm³/mol. The number of halogens is 1. The first-order valence-corrected chi connectivity index (χ1v) is 7.58. The number of thiophene rings is 1. The van der Waals surface area contributed by atoms with Gasteiger partial charge in [0.1, 0.15) is 21.2 Å². The highest BCUT2D eigenvalue weighted by Gasteiger charge is 2.19. The van der Waals surface area contributed by atoms with Crippen molar-refractivity contribution >= 4 is 44.7 Å². The Morgan fingerprint density at radius 1 is 1.32 bits per heavy atom. The first kappa shape index (κ1) is 14.6. The zero-order valence-corrected chi connectivity index (χ0v) is 13.2. The van der Waals surface area contributed by atoms with Gasteiger partial charge in [-0.1, -0.05) is 23.7 Å². The fourth-order valence-corrected chi connectivity index (χ4v) is 3.29. The monoisotopic (exact) mass is 333 g/mol. The number of benzene rings is 1. The lowest BCUT2D eigenvalue weighted by Gasteiger charge is -2.09. The summed E-state index contributed by atoms with van der Waals surface area (Å²) in [6.45, 7) is 1.83. The van der Waals surface area contributed by atoms with Crippen molar-refractivity contribution in [2.75, 3.05) is 5.73 Å². The molecule has 2 heterocycles. The van der Waals surface area contributed by atoms with E-state index in [0.717, 1.165) is 17.0 Å². The molecule has 0 aliphatic rings. The number of rotatable bonds is 3. The number of hydrogen-bond acceptors (Lipinski definition) is 5. The van der Waals surface area contributed by atoms with E-state index in [-0.39, 0.29) is 10.6 Å². The highest BCUT2D eigenvalue weighted by molar-refractivity contribution is 7.21. The Morgan fingerprint density at radius 3 is 2.73 bits per heavy atom. The quantitative estimate of drug-likeness (QED) is 0.764. The van der Waals surface area contributed by atoms with Crippen LogP contribution in [0.4, 0.5) is 5.69 Å². The van der Waals surface area contributed by atoms with Crippen LogP contribution in [0.2, 0.25) is 5.02 Å². The van der Waals surface area contributed by atoms with Gasteiger partial charge in [0.15, 0.2) is 0 Å². The molecule has 0 aliphatic heterocycles. The lowest BCUT2D eigenvalue weighted by Crippen LogP contribution is -2.10. The van der Waals surface area contributed by atoms with Crippen LogP contribution in [-0.4, -0.2) is 10.9 Å². The zero-order chi connectivity index (χ0) is 15.9. The standard InChI is InChI=1S/C15H12ClN3O2S/c1-7-6-10(21-9-5-3-2-4-8(9)16)11-12(17)13(14(18)20)22-15(11)19-7/h2-6H,17H2,1H3,(H2,18,20). The van der Waals surface area contributed by atoms with E-state index < -0.39 is 5.91 Å². The van der Waals surface area contributed by atoms with E-state index in [0.29, 0.717) is 26.7 Å². The Balaban J connectivity index is 2.20. The number of nitrogen functional groups attached to an aromatic ring is 1. The molecule has 1 amide bonds. The van der Waals surface area contributed by atoms with Crippen molar-refractivity contribution in [2.45, 2.75) is 6.92 Å². The van der Waals surface area contributed by atoms with Crippen molar-refractivity contribution in [1.82, 2.24) is 4.98 Å². The van der Waals surface area contributed by atoms with E-state index in [2.05, 4.69) is 4.98 Å². The summed E-state index contributed by atoms with van der Waals surface area (Å²) in [7, 11) is 0. The third-order valence-corrected chi connectivity index (χ3v) is 4.50. The number of nitrogens with two attached hydrogens (primary N) is 2. The van der Waals surface area contributed by atoms with Crippen LogP contribution in [0.5, 0.6) is 11.5 Å². The summed E-state index contributed by atoms with van der Waals surface area (Å²) in [4.78, 5) is 16.7. The normalized spacial score (nSPS) is 10.8. The van der Waals surface area contributed by atoms with Crippen molar-refractivity contribution in [3.63, 3.8) is 0 Å². The van der Waals surface area contributed by atoms with E-state index >= 15 is 0 Å². The molecule has 0 saturated heterocycles. The van der Waals surface area contributed by atoms with Crippen molar-refractivity contribution < 1.29 is 9.53 Å². The van der Waals surface area contributed by atoms with Crippen LogP contribution in [0.25, 0.3) is 10.2 Å². The number of para-hydroxylation sites is 1. The summed E-state index contributed by atoms with van der Waals surface area (Å²) < 4.78 is 5.88. The Hall–Kier alpha value is -2.31. The Morgan fingerprint density at radius 2 is 2.05 bits per heavy atom. The summed E-state index contributed by atoms with van der Waals surface area (Å²) in [5.41, 5.74) is 12.4. The highest BCUT2D eigenvalue weighted by Crippen LogP contribution is 2.41. The molecule has 0 saturated carbocycles. The number of aryl methyl sites for hydroxylation is 1. The van der Waals surface area contributed by atoms with Crippen molar-refractivity contribution in [2.24, 2.45) is 5.73 Å². The molecule has 4 N–H and O–H groups in total. The van der Waals surface area contributed by atoms with Crippen LogP contribution in [0.15, 0.2) is 30.3 Å². The minimum atomic E-state index is -0.582. The predicted octanol–water partition coefficient (Wildman–Crippen LogP) is 3.73. The summed E-state index contributed by atoms with van der Waals surface area (Å²) in [6, 6.07) is 8.86. The van der Waals surface area contributed by atoms with E-state index in [4.69, 9.17) is 27.8 Å². The molecular formula is C15H12ClN3O2S. The minimum absolute atomic E-state index is 0.275. The number of pyridine rings is 1. The number of hydrogen-bond donors (Lipinski definition) is 2. The second-order valence-electron chi connectivity index (χ2n) is 4.68. The second-order valence-corrected chi connectivity index (χ2v) is 6.09. The van der Waals surface area contributed by atoms with Crippen LogP contribution in [-0.2, 0) is 0 Å². The average molecular weight is 334 g/mol. The smallest absolute Gasteiger partial charge is 0.260 e. The number of nitrogens with zero attached hydrogens (tertiary/aromatic N) is 1. The van der Waals surface area contributed by atoms with Gasteiger partial charge >= 0.3 is 0 Å². The van der Waals surface area contributed by atoms with Gasteiger partial charge in [-0.15, -0.1) is 11.3 Å². The molecule has 3 rings (SSSR count). The third-order valence-electron chi connectivity index (χ3n) is 3.07. The number of aromatic nitrogens is 1. The maximum absolute atomic E-state index is 11.5. The molecule has 5 nitrogen and oxygen atoms in total. The molecule has 7 heteroatoms. The molecule has 22 heavy (non-hydrogen) atoms. The van der Waals surface area contributed by atoms with Gasteiger partial charge in [-0.2, -0.15) is 0 Å². The van der Waals surface area contributed by atoms with E-state index in [9.17, 15) is 4.79 Å². The number of primary amides is 1. The van der Waals surface area contributed by atoms with Gasteiger partial charge in [0.2, 0.25) is 0 Å². The molecule has 0 atom stereocenters. The van der Waals surface area contributed by atoms with Crippen LogP contribution < -0.4 is 16.2 Å². The largest absolute Gasteiger partial charge is 0.455 e. The van der Waals surface area contributed by atoms with Crippen molar-refractivity contribution in [3.05, 3.63) is 45.9 Å². The highest BCUT2D eigenvalue weighted by atomic mass is 35.5. The fourth-order valence-electron chi connectivity index (χ4n) is 2.11. The maximum atomic E-state index is 11.5. The number of carbonyl (C=O) groups excluding carboxylic acids is 1. The van der Waals surface area contributed by atoms with Crippen LogP contribution in [0.3, 0.4) is 0 Å². The SMILES string of the molecule is Cc1cc(Oc2ccccc2Cl)c2c(N)c(C(N)=O)sc2n1. The molecule has 0 aliphatic carbocycles. The molecule has 0 fully saturated rings. The Kier molecular flexibility index (Phi) is 3.64. The number of amides is 1. The van der Waals surface area contributed by atoms with Gasteiger partial charge in [0.25, 0.3) is 5.91 Å². The Labute approximate surface area is 135 Å². The van der Waals surface area contributed by atoms with Gasteiger partial charge in [-0.05, 0) is 19.1 Å². The second kappa shape index (κ2) is 5.47. The topological polar surface area (TPSA) is 91.2 Å². The summed E-state index contributed by atoms with van der Waals surface area (Å²) in [5.74, 6) is 0.418. The molecule has 112 valence electrons. The van der Waals surface area contributed by atoms with Crippen LogP contribution in [0.1, 0.15) is 15.4 Å². The Bertz CT molecular complexity index is 892. The first-order valence-electron chi connectivity index (χ1n) is 6.39. The summed E-state index contributed by atoms with van der Waals surface area (Å²) in [6.07, 6.45) is 0.